The van der Waals surface area contributed by atoms with Crippen LogP contribution in [0.25, 0.3) is 6.08 Å². The van der Waals surface area contributed by atoms with E-state index in [2.05, 4.69) is 0 Å². The van der Waals surface area contributed by atoms with Crippen molar-refractivity contribution < 1.29 is 24.5 Å². The number of Topliss-reactive ketones (excluding diaryl/α,β-unsaturated/α-hetero) is 1. The lowest BCUT2D eigenvalue weighted by atomic mass is 10.0. The SMILES string of the molecule is C[C@H]1C/C=C\CC(=O)CC/C=C\c2cc(O)cc(O)c2C(=O)O1. The lowest BCUT2D eigenvalue weighted by Crippen LogP contribution is -2.15. The molecule has 2 N–H and O–H groups in total. The number of esters is 1. The summed E-state index contributed by atoms with van der Waals surface area (Å²) in [7, 11) is 0. The molecule has 0 radical (unpaired) electrons. The normalized spacial score (nSPS) is 22.6. The maximum absolute atomic E-state index is 12.3. The predicted molar refractivity (Wildman–Crippen MR) is 86.3 cm³/mol. The molecule has 0 amide bonds. The summed E-state index contributed by atoms with van der Waals surface area (Å²) in [6.45, 7) is 1.74. The number of carbonyl (C=O) groups excluding carboxylic acids is 2. The quantitative estimate of drug-likeness (QED) is 0.566. The Labute approximate surface area is 134 Å². The van der Waals surface area contributed by atoms with Gasteiger partial charge in [-0.3, -0.25) is 4.79 Å². The van der Waals surface area contributed by atoms with E-state index >= 15 is 0 Å². The zero-order valence-corrected chi connectivity index (χ0v) is 13.0. The number of carbonyl (C=O) groups is 2. The van der Waals surface area contributed by atoms with E-state index in [1.165, 1.54) is 6.07 Å². The third-order valence-electron chi connectivity index (χ3n) is 3.51. The minimum atomic E-state index is -0.642. The second kappa shape index (κ2) is 7.63. The van der Waals surface area contributed by atoms with Gasteiger partial charge in [-0.25, -0.2) is 4.79 Å². The van der Waals surface area contributed by atoms with Crippen LogP contribution in [0.1, 0.15) is 48.5 Å². The second-order valence-corrected chi connectivity index (χ2v) is 5.54. The van der Waals surface area contributed by atoms with E-state index in [0.717, 1.165) is 6.07 Å². The van der Waals surface area contributed by atoms with Crippen molar-refractivity contribution >= 4 is 17.8 Å². The van der Waals surface area contributed by atoms with Gasteiger partial charge in [0.1, 0.15) is 28.9 Å². The van der Waals surface area contributed by atoms with Gasteiger partial charge in [0.05, 0.1) is 0 Å². The summed E-state index contributed by atoms with van der Waals surface area (Å²) in [4.78, 5) is 24.0. The van der Waals surface area contributed by atoms with Crippen LogP contribution in [0, 0.1) is 0 Å². The van der Waals surface area contributed by atoms with Crippen LogP contribution in [0.2, 0.25) is 0 Å². The van der Waals surface area contributed by atoms with Gasteiger partial charge in [0.2, 0.25) is 0 Å². The Kier molecular flexibility index (Phi) is 5.57. The first-order chi connectivity index (χ1) is 11.0. The van der Waals surface area contributed by atoms with E-state index in [9.17, 15) is 19.8 Å². The molecular formula is C18H20O5. The molecule has 2 rings (SSSR count). The first-order valence-corrected chi connectivity index (χ1v) is 7.57. The number of hydrogen-bond acceptors (Lipinski definition) is 5. The van der Waals surface area contributed by atoms with E-state index in [0.29, 0.717) is 31.2 Å². The molecule has 0 aliphatic carbocycles. The van der Waals surface area contributed by atoms with E-state index in [1.807, 2.05) is 6.08 Å². The minimum absolute atomic E-state index is 0.0123. The molecule has 1 aromatic carbocycles. The highest BCUT2D eigenvalue weighted by Gasteiger charge is 2.20. The molecule has 1 aromatic rings. The number of hydrogen-bond donors (Lipinski definition) is 2. The Morgan fingerprint density at radius 1 is 1.13 bits per heavy atom. The molecular weight excluding hydrogens is 296 g/mol. The van der Waals surface area contributed by atoms with Crippen LogP contribution in [0.5, 0.6) is 11.5 Å². The van der Waals surface area contributed by atoms with Crippen molar-refractivity contribution in [2.45, 2.75) is 38.7 Å². The van der Waals surface area contributed by atoms with Gasteiger partial charge in [0, 0.05) is 25.3 Å². The summed E-state index contributed by atoms with van der Waals surface area (Å²) in [6.07, 6.45) is 8.34. The van der Waals surface area contributed by atoms with Crippen LogP contribution < -0.4 is 0 Å². The topological polar surface area (TPSA) is 83.8 Å². The molecule has 23 heavy (non-hydrogen) atoms. The van der Waals surface area contributed by atoms with E-state index in [4.69, 9.17) is 4.74 Å². The first kappa shape index (κ1) is 16.8. The molecule has 122 valence electrons. The molecule has 0 saturated heterocycles. The highest BCUT2D eigenvalue weighted by molar-refractivity contribution is 5.97. The average Bonchev–Trinajstić information content (AvgIpc) is 2.46. The summed E-state index contributed by atoms with van der Waals surface area (Å²) in [6, 6.07) is 2.48. The number of ketones is 1. The zero-order chi connectivity index (χ0) is 16.8. The number of aromatic hydroxyl groups is 2. The number of rotatable bonds is 0. The highest BCUT2D eigenvalue weighted by Crippen LogP contribution is 2.29. The smallest absolute Gasteiger partial charge is 0.342 e. The van der Waals surface area contributed by atoms with Crippen LogP contribution in [0.15, 0.2) is 30.4 Å². The maximum Gasteiger partial charge on any atom is 0.342 e. The predicted octanol–water partition coefficient (Wildman–Crippen LogP) is 3.36. The van der Waals surface area contributed by atoms with E-state index < -0.39 is 5.97 Å². The summed E-state index contributed by atoms with van der Waals surface area (Å²) in [5.41, 5.74) is 0.373. The van der Waals surface area contributed by atoms with Gasteiger partial charge >= 0.3 is 5.97 Å². The van der Waals surface area contributed by atoms with Crippen molar-refractivity contribution in [3.8, 4) is 11.5 Å². The van der Waals surface area contributed by atoms with Crippen LogP contribution in [0.4, 0.5) is 0 Å². The third kappa shape index (κ3) is 4.71. The lowest BCUT2D eigenvalue weighted by Gasteiger charge is -2.14. The van der Waals surface area contributed by atoms with Gasteiger partial charge in [-0.15, -0.1) is 0 Å². The Bertz CT molecular complexity index is 658. The monoisotopic (exact) mass is 316 g/mol. The number of phenolic OH excluding ortho intramolecular Hbond substituents is 2. The van der Waals surface area contributed by atoms with Crippen LogP contribution in [0.3, 0.4) is 0 Å². The van der Waals surface area contributed by atoms with Gasteiger partial charge in [-0.1, -0.05) is 24.3 Å². The molecule has 0 spiro atoms. The zero-order valence-electron chi connectivity index (χ0n) is 13.0. The largest absolute Gasteiger partial charge is 0.508 e. The third-order valence-corrected chi connectivity index (χ3v) is 3.51. The Hall–Kier alpha value is -2.56. The van der Waals surface area contributed by atoms with Crippen LogP contribution >= 0.6 is 0 Å². The Balaban J connectivity index is 2.37. The minimum Gasteiger partial charge on any atom is -0.508 e. The summed E-state index contributed by atoms with van der Waals surface area (Å²) >= 11 is 0. The molecule has 0 aromatic heterocycles. The molecule has 5 nitrogen and oxygen atoms in total. The standard InChI is InChI=1S/C18H20O5/c1-12-6-2-4-8-14(19)9-5-3-7-13-10-15(20)11-16(21)17(13)18(22)23-12/h2-4,7,10-12,20-21H,5-6,8-9H2,1H3/b4-2-,7-3-/t12-/m0/s1. The summed E-state index contributed by atoms with van der Waals surface area (Å²) in [5.74, 6) is -0.991. The van der Waals surface area contributed by atoms with Crippen molar-refractivity contribution in [1.82, 2.24) is 0 Å². The van der Waals surface area contributed by atoms with Gasteiger partial charge in [0.25, 0.3) is 0 Å². The first-order valence-electron chi connectivity index (χ1n) is 7.57. The van der Waals surface area contributed by atoms with Crippen molar-refractivity contribution in [1.29, 1.82) is 0 Å². The number of cyclic esters (lactones) is 1. The van der Waals surface area contributed by atoms with E-state index in [-0.39, 0.29) is 28.9 Å². The number of ether oxygens (including phenoxy) is 1. The van der Waals surface area contributed by atoms with Crippen molar-refractivity contribution in [3.63, 3.8) is 0 Å². The van der Waals surface area contributed by atoms with Crippen LogP contribution in [-0.2, 0) is 9.53 Å². The Morgan fingerprint density at radius 3 is 2.70 bits per heavy atom. The summed E-state index contributed by atoms with van der Waals surface area (Å²) in [5, 5.41) is 19.6. The van der Waals surface area contributed by atoms with Gasteiger partial charge in [0.15, 0.2) is 0 Å². The molecule has 1 aliphatic heterocycles. The molecule has 5 heteroatoms. The highest BCUT2D eigenvalue weighted by atomic mass is 16.5. The van der Waals surface area contributed by atoms with Crippen LogP contribution in [-0.4, -0.2) is 28.1 Å². The van der Waals surface area contributed by atoms with Gasteiger partial charge in [-0.2, -0.15) is 0 Å². The van der Waals surface area contributed by atoms with E-state index in [1.54, 1.807) is 25.2 Å². The molecule has 0 unspecified atom stereocenters. The number of fused-ring (bicyclic) bond motifs is 1. The molecule has 0 bridgehead atoms. The number of allylic oxidation sites excluding steroid dienone is 2. The number of phenols is 2. The van der Waals surface area contributed by atoms with Gasteiger partial charge in [-0.05, 0) is 25.0 Å². The summed E-state index contributed by atoms with van der Waals surface area (Å²) < 4.78 is 5.32. The Morgan fingerprint density at radius 2 is 1.91 bits per heavy atom. The molecule has 1 heterocycles. The average molecular weight is 316 g/mol. The van der Waals surface area contributed by atoms with Crippen molar-refractivity contribution in [2.75, 3.05) is 0 Å². The molecule has 0 saturated carbocycles. The number of benzene rings is 1. The molecule has 1 aliphatic rings. The maximum atomic E-state index is 12.3. The van der Waals surface area contributed by atoms with Crippen molar-refractivity contribution in [2.24, 2.45) is 0 Å². The fourth-order valence-electron chi connectivity index (χ4n) is 2.34. The van der Waals surface area contributed by atoms with Crippen molar-refractivity contribution in [3.05, 3.63) is 41.5 Å². The van der Waals surface area contributed by atoms with Gasteiger partial charge < -0.3 is 14.9 Å². The fourth-order valence-corrected chi connectivity index (χ4v) is 2.34. The fraction of sp³-hybridized carbons (Fsp3) is 0.333. The molecule has 1 atom stereocenters. The lowest BCUT2D eigenvalue weighted by molar-refractivity contribution is -0.118. The second-order valence-electron chi connectivity index (χ2n) is 5.54. The molecule has 0 fully saturated rings.